The first-order chi connectivity index (χ1) is 6.07. The first kappa shape index (κ1) is 10.7. The first-order valence-corrected chi connectivity index (χ1v) is 5.30. The van der Waals surface area contributed by atoms with Crippen molar-refractivity contribution in [2.75, 3.05) is 11.9 Å². The van der Waals surface area contributed by atoms with Gasteiger partial charge in [-0.05, 0) is 38.8 Å². The molecule has 1 aromatic carbocycles. The van der Waals surface area contributed by atoms with Gasteiger partial charge in [0.1, 0.15) is 0 Å². The maximum atomic E-state index is 9.33. The molecule has 0 amide bonds. The molecule has 0 unspecified atom stereocenters. The molecule has 0 aliphatic carbocycles. The van der Waals surface area contributed by atoms with E-state index in [2.05, 4.69) is 37.2 Å². The van der Waals surface area contributed by atoms with Gasteiger partial charge in [0, 0.05) is 12.6 Å². The molecule has 72 valence electrons. The van der Waals surface area contributed by atoms with Gasteiger partial charge >= 0.3 is 0 Å². The van der Waals surface area contributed by atoms with Crippen molar-refractivity contribution in [2.24, 2.45) is 0 Å². The molecular weight excluding hydrogens is 302 g/mol. The molecule has 0 radical (unpaired) electrons. The highest BCUT2D eigenvalue weighted by molar-refractivity contribution is 9.13. The lowest BCUT2D eigenvalue weighted by Crippen LogP contribution is -1.97. The summed E-state index contributed by atoms with van der Waals surface area (Å²) in [5.41, 5.74) is 0.740. The van der Waals surface area contributed by atoms with E-state index in [1.165, 1.54) is 6.07 Å². The van der Waals surface area contributed by atoms with Crippen LogP contribution in [-0.4, -0.2) is 16.8 Å². The highest BCUT2D eigenvalue weighted by atomic mass is 79.9. The molecule has 0 atom stereocenters. The van der Waals surface area contributed by atoms with Crippen LogP contribution in [0.3, 0.4) is 0 Å². The molecule has 1 aromatic rings. The van der Waals surface area contributed by atoms with Gasteiger partial charge in [0.25, 0.3) is 0 Å². The molecular formula is C8H9Br2NO2. The van der Waals surface area contributed by atoms with E-state index in [0.29, 0.717) is 8.95 Å². The molecule has 0 bridgehead atoms. The Labute approximate surface area is 93.0 Å². The van der Waals surface area contributed by atoms with Crippen molar-refractivity contribution in [3.8, 4) is 11.5 Å². The third-order valence-corrected chi connectivity index (χ3v) is 3.66. The second-order valence-electron chi connectivity index (χ2n) is 2.45. The van der Waals surface area contributed by atoms with Crippen LogP contribution in [0.15, 0.2) is 15.0 Å². The van der Waals surface area contributed by atoms with Crippen molar-refractivity contribution < 1.29 is 10.2 Å². The van der Waals surface area contributed by atoms with Gasteiger partial charge in [0.05, 0.1) is 14.6 Å². The molecule has 13 heavy (non-hydrogen) atoms. The van der Waals surface area contributed by atoms with Gasteiger partial charge in [0.2, 0.25) is 0 Å². The van der Waals surface area contributed by atoms with Gasteiger partial charge in [0.15, 0.2) is 11.5 Å². The quantitative estimate of drug-likeness (QED) is 0.581. The number of halogens is 2. The maximum absolute atomic E-state index is 9.33. The van der Waals surface area contributed by atoms with E-state index in [9.17, 15) is 10.2 Å². The smallest absolute Gasteiger partial charge is 0.173 e. The average Bonchev–Trinajstić information content (AvgIpc) is 2.11. The van der Waals surface area contributed by atoms with E-state index < -0.39 is 0 Å². The van der Waals surface area contributed by atoms with Gasteiger partial charge in [-0.3, -0.25) is 0 Å². The molecule has 0 aromatic heterocycles. The largest absolute Gasteiger partial charge is 0.504 e. The number of anilines is 1. The van der Waals surface area contributed by atoms with E-state index in [-0.39, 0.29) is 11.5 Å². The maximum Gasteiger partial charge on any atom is 0.173 e. The summed E-state index contributed by atoms with van der Waals surface area (Å²) >= 11 is 6.44. The molecule has 0 aliphatic heterocycles. The van der Waals surface area contributed by atoms with Crippen molar-refractivity contribution in [1.29, 1.82) is 0 Å². The number of hydrogen-bond acceptors (Lipinski definition) is 3. The van der Waals surface area contributed by atoms with Gasteiger partial charge in [-0.25, -0.2) is 0 Å². The van der Waals surface area contributed by atoms with Crippen LogP contribution < -0.4 is 5.32 Å². The summed E-state index contributed by atoms with van der Waals surface area (Å²) < 4.78 is 1.15. The lowest BCUT2D eigenvalue weighted by Gasteiger charge is -2.10. The zero-order chi connectivity index (χ0) is 10.0. The van der Waals surface area contributed by atoms with E-state index in [0.717, 1.165) is 12.2 Å². The Kier molecular flexibility index (Phi) is 3.44. The second kappa shape index (κ2) is 4.19. The molecule has 0 spiro atoms. The number of rotatable bonds is 2. The van der Waals surface area contributed by atoms with Crippen LogP contribution in [0.2, 0.25) is 0 Å². The Morgan fingerprint density at radius 1 is 1.31 bits per heavy atom. The van der Waals surface area contributed by atoms with E-state index in [4.69, 9.17) is 0 Å². The topological polar surface area (TPSA) is 52.5 Å². The fourth-order valence-electron chi connectivity index (χ4n) is 0.922. The van der Waals surface area contributed by atoms with Crippen LogP contribution in [0.25, 0.3) is 0 Å². The predicted molar refractivity (Wildman–Crippen MR) is 59.3 cm³/mol. The Morgan fingerprint density at radius 3 is 2.46 bits per heavy atom. The normalized spacial score (nSPS) is 10.1. The molecule has 0 fully saturated rings. The number of hydrogen-bond donors (Lipinski definition) is 3. The third kappa shape index (κ3) is 2.08. The number of aromatic hydroxyl groups is 2. The Bertz CT molecular complexity index is 328. The minimum absolute atomic E-state index is 0.147. The SMILES string of the molecule is CCNc1cc(O)c(O)c(Br)c1Br. The number of nitrogens with one attached hydrogen (secondary N) is 1. The summed E-state index contributed by atoms with van der Waals surface area (Å²) in [4.78, 5) is 0. The number of phenolic OH excluding ortho intramolecular Hbond substituents is 2. The first-order valence-electron chi connectivity index (χ1n) is 3.71. The monoisotopic (exact) mass is 309 g/mol. The molecule has 1 rings (SSSR count). The van der Waals surface area contributed by atoms with Crippen molar-refractivity contribution in [3.05, 3.63) is 15.0 Å². The summed E-state index contributed by atoms with van der Waals surface area (Å²) in [7, 11) is 0. The summed E-state index contributed by atoms with van der Waals surface area (Å²) in [5, 5.41) is 21.7. The van der Waals surface area contributed by atoms with Gasteiger partial charge in [-0.15, -0.1) is 0 Å². The van der Waals surface area contributed by atoms with Crippen molar-refractivity contribution in [1.82, 2.24) is 0 Å². The third-order valence-electron chi connectivity index (χ3n) is 1.53. The summed E-state index contributed by atoms with van der Waals surface area (Å²) in [6, 6.07) is 1.47. The molecule has 0 aliphatic rings. The summed E-state index contributed by atoms with van der Waals surface area (Å²) in [6.07, 6.45) is 0. The van der Waals surface area contributed by atoms with Crippen molar-refractivity contribution >= 4 is 37.5 Å². The van der Waals surface area contributed by atoms with Crippen LogP contribution in [0.5, 0.6) is 11.5 Å². The van der Waals surface area contributed by atoms with Crippen LogP contribution >= 0.6 is 31.9 Å². The number of phenols is 2. The van der Waals surface area contributed by atoms with Crippen LogP contribution in [-0.2, 0) is 0 Å². The highest BCUT2D eigenvalue weighted by Gasteiger charge is 2.12. The minimum Gasteiger partial charge on any atom is -0.504 e. The zero-order valence-corrected chi connectivity index (χ0v) is 10.1. The summed E-state index contributed by atoms with van der Waals surface area (Å²) in [5.74, 6) is -0.306. The molecule has 0 saturated carbocycles. The minimum atomic E-state index is -0.159. The molecule has 5 heteroatoms. The Hall–Kier alpha value is -0.420. The molecule has 0 heterocycles. The van der Waals surface area contributed by atoms with Gasteiger partial charge in [-0.1, -0.05) is 0 Å². The standard InChI is InChI=1S/C8H9Br2NO2/c1-2-11-4-3-5(12)8(13)7(10)6(4)9/h3,11-13H,2H2,1H3. The zero-order valence-electron chi connectivity index (χ0n) is 6.93. The predicted octanol–water partition coefficient (Wildman–Crippen LogP) is 3.05. The second-order valence-corrected chi connectivity index (χ2v) is 4.04. The van der Waals surface area contributed by atoms with Crippen molar-refractivity contribution in [3.63, 3.8) is 0 Å². The fourth-order valence-corrected chi connectivity index (χ4v) is 1.78. The lowest BCUT2D eigenvalue weighted by molar-refractivity contribution is 0.401. The number of benzene rings is 1. The average molecular weight is 311 g/mol. The summed E-state index contributed by atoms with van der Waals surface area (Å²) in [6.45, 7) is 2.69. The molecule has 0 saturated heterocycles. The fraction of sp³-hybridized carbons (Fsp3) is 0.250. The van der Waals surface area contributed by atoms with Crippen LogP contribution in [0, 0.1) is 0 Å². The Balaban J connectivity index is 3.24. The van der Waals surface area contributed by atoms with E-state index >= 15 is 0 Å². The molecule has 3 N–H and O–H groups in total. The van der Waals surface area contributed by atoms with Crippen molar-refractivity contribution in [2.45, 2.75) is 6.92 Å². The highest BCUT2D eigenvalue weighted by Crippen LogP contribution is 2.43. The van der Waals surface area contributed by atoms with Crippen LogP contribution in [0.1, 0.15) is 6.92 Å². The molecule has 3 nitrogen and oxygen atoms in total. The van der Waals surface area contributed by atoms with E-state index in [1.54, 1.807) is 0 Å². The Morgan fingerprint density at radius 2 is 1.92 bits per heavy atom. The van der Waals surface area contributed by atoms with E-state index in [1.807, 2.05) is 6.92 Å². The van der Waals surface area contributed by atoms with Gasteiger partial charge < -0.3 is 15.5 Å². The van der Waals surface area contributed by atoms with Crippen LogP contribution in [0.4, 0.5) is 5.69 Å². The van der Waals surface area contributed by atoms with Gasteiger partial charge in [-0.2, -0.15) is 0 Å². The lowest BCUT2D eigenvalue weighted by atomic mass is 10.3.